The molecule has 1 N–H and O–H groups in total. The van der Waals surface area contributed by atoms with Crippen molar-refractivity contribution in [2.45, 2.75) is 26.0 Å². The number of hydrogen-bond acceptors (Lipinski definition) is 6. The highest BCUT2D eigenvalue weighted by Crippen LogP contribution is 2.13. The monoisotopic (exact) mass is 387 g/mol. The molecule has 9 nitrogen and oxygen atoms in total. The predicted molar refractivity (Wildman–Crippen MR) is 99.4 cm³/mol. The van der Waals surface area contributed by atoms with Gasteiger partial charge in [-0.1, -0.05) is 5.16 Å². The number of piperazine rings is 1. The van der Waals surface area contributed by atoms with E-state index >= 15 is 0 Å². The molecule has 0 spiro atoms. The molecule has 148 valence electrons. The van der Waals surface area contributed by atoms with Crippen molar-refractivity contribution >= 4 is 16.0 Å². The molecule has 26 heavy (non-hydrogen) atoms. The molecule has 0 aromatic carbocycles. The zero-order valence-electron chi connectivity index (χ0n) is 15.6. The van der Waals surface area contributed by atoms with E-state index in [1.807, 2.05) is 13.8 Å². The van der Waals surface area contributed by atoms with Crippen molar-refractivity contribution in [1.29, 1.82) is 0 Å². The lowest BCUT2D eigenvalue weighted by Crippen LogP contribution is -2.53. The fraction of sp³-hybridized carbons (Fsp3) is 0.750. The molecule has 0 amide bonds. The number of rotatable bonds is 9. The first kappa shape index (κ1) is 20.7. The lowest BCUT2D eigenvalue weighted by molar-refractivity contribution is 0.146. The van der Waals surface area contributed by atoms with Crippen LogP contribution >= 0.6 is 0 Å². The highest BCUT2D eigenvalue weighted by molar-refractivity contribution is 7.88. The summed E-state index contributed by atoms with van der Waals surface area (Å²) in [5, 5.41) is 6.97. The minimum absolute atomic E-state index is 0.130. The number of nitrogens with zero attached hydrogens (tertiary/aromatic N) is 4. The molecule has 1 aliphatic rings. The summed E-state index contributed by atoms with van der Waals surface area (Å²) in [7, 11) is -3.39. The second kappa shape index (κ2) is 10.5. The van der Waals surface area contributed by atoms with Gasteiger partial charge in [0.05, 0.1) is 5.69 Å². The van der Waals surface area contributed by atoms with Crippen LogP contribution in [-0.4, -0.2) is 81.2 Å². The van der Waals surface area contributed by atoms with Crippen molar-refractivity contribution in [2.24, 2.45) is 4.99 Å². The molecule has 2 rings (SSSR count). The minimum atomic E-state index is -3.39. The first-order chi connectivity index (χ1) is 12.6. The molecule has 0 radical (unpaired) electrons. The van der Waals surface area contributed by atoms with Crippen LogP contribution in [0.3, 0.4) is 0 Å². The van der Waals surface area contributed by atoms with Gasteiger partial charge in [-0.2, -0.15) is 4.31 Å². The van der Waals surface area contributed by atoms with Crippen LogP contribution in [-0.2, 0) is 20.5 Å². The number of hydrogen-bond donors (Lipinski definition) is 1. The largest absolute Gasteiger partial charge is 0.382 e. The summed E-state index contributed by atoms with van der Waals surface area (Å²) in [6.45, 7) is 8.96. The number of sulfonamides is 1. The van der Waals surface area contributed by atoms with E-state index in [1.54, 1.807) is 6.07 Å². The molecule has 1 aromatic heterocycles. The third kappa shape index (κ3) is 6.26. The summed E-state index contributed by atoms with van der Waals surface area (Å²) in [4.78, 5) is 6.72. The maximum atomic E-state index is 12.5. The normalized spacial score (nSPS) is 16.8. The van der Waals surface area contributed by atoms with Crippen LogP contribution in [0.1, 0.15) is 26.0 Å². The lowest BCUT2D eigenvalue weighted by atomic mass is 10.4. The van der Waals surface area contributed by atoms with E-state index in [9.17, 15) is 8.42 Å². The standard InChI is InChI=1S/C16H29N5O4S/c1-3-17-16(18-7-5-12-24-4-2)20-8-10-21(11-9-20)26(22,23)14-15-6-13-25-19-15/h6,13H,3-5,7-12,14H2,1-2H3,(H,17,18). The van der Waals surface area contributed by atoms with E-state index in [-0.39, 0.29) is 5.75 Å². The van der Waals surface area contributed by atoms with Gasteiger partial charge in [-0.15, -0.1) is 0 Å². The first-order valence-electron chi connectivity index (χ1n) is 9.05. The molecular formula is C16H29N5O4S. The Balaban J connectivity index is 1.87. The van der Waals surface area contributed by atoms with E-state index in [2.05, 4.69) is 20.4 Å². The van der Waals surface area contributed by atoms with Gasteiger partial charge < -0.3 is 19.5 Å². The topological polar surface area (TPSA) is 100 Å². The van der Waals surface area contributed by atoms with Gasteiger partial charge in [0.25, 0.3) is 0 Å². The van der Waals surface area contributed by atoms with Crippen LogP contribution in [0.25, 0.3) is 0 Å². The van der Waals surface area contributed by atoms with Crippen LogP contribution in [0.2, 0.25) is 0 Å². The van der Waals surface area contributed by atoms with E-state index in [4.69, 9.17) is 9.26 Å². The van der Waals surface area contributed by atoms with E-state index in [1.165, 1.54) is 10.6 Å². The Bertz CT molecular complexity index is 640. The molecule has 1 aliphatic heterocycles. The third-order valence-electron chi connectivity index (χ3n) is 4.00. The molecule has 0 aliphatic carbocycles. The molecule has 0 saturated carbocycles. The number of guanidine groups is 1. The van der Waals surface area contributed by atoms with Crippen molar-refractivity contribution in [1.82, 2.24) is 19.7 Å². The summed E-state index contributed by atoms with van der Waals surface area (Å²) >= 11 is 0. The maximum Gasteiger partial charge on any atom is 0.220 e. The second-order valence-corrected chi connectivity index (χ2v) is 7.89. The first-order valence-corrected chi connectivity index (χ1v) is 10.7. The van der Waals surface area contributed by atoms with Crippen LogP contribution in [0.4, 0.5) is 0 Å². The van der Waals surface area contributed by atoms with Crippen LogP contribution < -0.4 is 5.32 Å². The zero-order valence-corrected chi connectivity index (χ0v) is 16.4. The third-order valence-corrected chi connectivity index (χ3v) is 5.81. The maximum absolute atomic E-state index is 12.5. The quantitative estimate of drug-likeness (QED) is 0.374. The number of aliphatic imine (C=N–C) groups is 1. The molecule has 10 heteroatoms. The highest BCUT2D eigenvalue weighted by atomic mass is 32.2. The van der Waals surface area contributed by atoms with Crippen LogP contribution in [0.5, 0.6) is 0 Å². The fourth-order valence-electron chi connectivity index (χ4n) is 2.69. The van der Waals surface area contributed by atoms with Gasteiger partial charge in [-0.3, -0.25) is 4.99 Å². The predicted octanol–water partition coefficient (Wildman–Crippen LogP) is 0.514. The summed E-state index contributed by atoms with van der Waals surface area (Å²) < 4.78 is 36.5. The second-order valence-electron chi connectivity index (χ2n) is 5.92. The van der Waals surface area contributed by atoms with E-state index < -0.39 is 10.0 Å². The van der Waals surface area contributed by atoms with E-state index in [0.29, 0.717) is 51.6 Å². The summed E-state index contributed by atoms with van der Waals surface area (Å²) in [6.07, 6.45) is 2.25. The Kier molecular flexibility index (Phi) is 8.33. The average Bonchev–Trinajstić information content (AvgIpc) is 3.13. The Hall–Kier alpha value is -1.65. The molecule has 1 saturated heterocycles. The van der Waals surface area contributed by atoms with Gasteiger partial charge in [-0.25, -0.2) is 8.42 Å². The average molecular weight is 388 g/mol. The Morgan fingerprint density at radius 1 is 1.35 bits per heavy atom. The van der Waals surface area contributed by atoms with Crippen molar-refractivity contribution in [3.63, 3.8) is 0 Å². The summed E-state index contributed by atoms with van der Waals surface area (Å²) in [5.74, 6) is 0.701. The molecule has 1 fully saturated rings. The zero-order chi connectivity index (χ0) is 18.8. The van der Waals surface area contributed by atoms with E-state index in [0.717, 1.165) is 18.9 Å². The minimum Gasteiger partial charge on any atom is -0.382 e. The SMILES string of the molecule is CCNC(=NCCCOCC)N1CCN(S(=O)(=O)Cc2ccon2)CC1. The van der Waals surface area contributed by atoms with Gasteiger partial charge in [0.2, 0.25) is 10.0 Å². The van der Waals surface area contributed by atoms with Crippen molar-refractivity contribution in [2.75, 3.05) is 52.5 Å². The molecular weight excluding hydrogens is 358 g/mol. The molecule has 1 aromatic rings. The summed E-state index contributed by atoms with van der Waals surface area (Å²) in [6, 6.07) is 1.58. The number of aromatic nitrogens is 1. The fourth-order valence-corrected chi connectivity index (χ4v) is 4.11. The molecule has 0 bridgehead atoms. The van der Waals surface area contributed by atoms with Crippen molar-refractivity contribution in [3.8, 4) is 0 Å². The van der Waals surface area contributed by atoms with Gasteiger partial charge in [0, 0.05) is 58.5 Å². The van der Waals surface area contributed by atoms with Gasteiger partial charge in [-0.05, 0) is 20.3 Å². The number of nitrogens with one attached hydrogen (secondary N) is 1. The van der Waals surface area contributed by atoms with Gasteiger partial charge in [0.1, 0.15) is 12.0 Å². The smallest absolute Gasteiger partial charge is 0.220 e. The Labute approximate surface area is 155 Å². The van der Waals surface area contributed by atoms with Gasteiger partial charge in [0.15, 0.2) is 5.96 Å². The van der Waals surface area contributed by atoms with Crippen LogP contribution in [0, 0.1) is 0 Å². The molecule has 0 atom stereocenters. The van der Waals surface area contributed by atoms with Crippen molar-refractivity contribution < 1.29 is 17.7 Å². The lowest BCUT2D eigenvalue weighted by Gasteiger charge is -2.35. The Morgan fingerprint density at radius 3 is 2.73 bits per heavy atom. The van der Waals surface area contributed by atoms with Gasteiger partial charge >= 0.3 is 0 Å². The van der Waals surface area contributed by atoms with Crippen LogP contribution in [0.15, 0.2) is 21.8 Å². The van der Waals surface area contributed by atoms with Crippen molar-refractivity contribution in [3.05, 3.63) is 18.0 Å². The Morgan fingerprint density at radius 2 is 2.12 bits per heavy atom. The molecule has 2 heterocycles. The molecule has 0 unspecified atom stereocenters. The number of ether oxygens (including phenoxy) is 1. The summed E-state index contributed by atoms with van der Waals surface area (Å²) in [5.41, 5.74) is 0.427. The highest BCUT2D eigenvalue weighted by Gasteiger charge is 2.28.